The molecule has 11 nitrogen and oxygen atoms in total. The number of halogens is 1. The van der Waals surface area contributed by atoms with Gasteiger partial charge in [-0.05, 0) is 61.7 Å². The van der Waals surface area contributed by atoms with Crippen LogP contribution in [0.3, 0.4) is 0 Å². The molecule has 238 valence electrons. The van der Waals surface area contributed by atoms with Crippen LogP contribution in [-0.2, 0) is 24.6 Å². The Balaban J connectivity index is 1.10. The van der Waals surface area contributed by atoms with Crippen LogP contribution in [0, 0.1) is 5.95 Å². The van der Waals surface area contributed by atoms with Crippen LogP contribution in [0.2, 0.25) is 0 Å². The number of ether oxygens (including phenoxy) is 2. The summed E-state index contributed by atoms with van der Waals surface area (Å²) >= 11 is 0. The van der Waals surface area contributed by atoms with Gasteiger partial charge >= 0.3 is 0 Å². The molecule has 5 rings (SSSR count). The summed E-state index contributed by atoms with van der Waals surface area (Å²) in [6.45, 7) is 0.700. The largest absolute Gasteiger partial charge is 0.491 e. The molecular formula is C30H36FN3O8S2. The molecule has 2 saturated heterocycles. The van der Waals surface area contributed by atoms with Crippen molar-refractivity contribution in [2.75, 3.05) is 45.2 Å². The summed E-state index contributed by atoms with van der Waals surface area (Å²) in [4.78, 5) is 4.02. The molecule has 1 spiro atoms. The van der Waals surface area contributed by atoms with Crippen LogP contribution < -0.4 is 10.1 Å². The van der Waals surface area contributed by atoms with Crippen molar-refractivity contribution in [2.24, 2.45) is 0 Å². The van der Waals surface area contributed by atoms with Crippen LogP contribution in [0.1, 0.15) is 19.3 Å². The Labute approximate surface area is 256 Å². The van der Waals surface area contributed by atoms with Crippen molar-refractivity contribution in [3.63, 3.8) is 0 Å². The lowest BCUT2D eigenvalue weighted by Gasteiger charge is -2.38. The number of hydrogen-bond donors (Lipinski definition) is 3. The summed E-state index contributed by atoms with van der Waals surface area (Å²) < 4.78 is 78.0. The van der Waals surface area contributed by atoms with Gasteiger partial charge in [0, 0.05) is 31.2 Å². The van der Waals surface area contributed by atoms with Crippen LogP contribution in [0.4, 0.5) is 4.39 Å². The van der Waals surface area contributed by atoms with Crippen molar-refractivity contribution >= 4 is 19.9 Å². The number of nitrogens with one attached hydrogen (secondary N) is 1. The molecule has 2 unspecified atom stereocenters. The van der Waals surface area contributed by atoms with Gasteiger partial charge in [0.1, 0.15) is 18.5 Å². The molecule has 44 heavy (non-hydrogen) atoms. The first-order chi connectivity index (χ1) is 21.0. The van der Waals surface area contributed by atoms with E-state index in [2.05, 4.69) is 10.3 Å². The van der Waals surface area contributed by atoms with E-state index in [-0.39, 0.29) is 34.7 Å². The molecule has 0 aliphatic carbocycles. The molecule has 2 fully saturated rings. The standard InChI is InChI=1S/C30H36FN3O8S2/c31-29-9-3-8-28(33-29)22-4-1-7-27(16-22)44(39,40)34-12-10-30(11-13-34)18-23(20-42-30)32-19-24(36)21-41-25-5-2-6-26(17-25)43(37,38)15-14-35/h1-9,16-17,23-24,32,35-36H,10-15,18-21H2. The van der Waals surface area contributed by atoms with Gasteiger partial charge in [0.15, 0.2) is 9.84 Å². The van der Waals surface area contributed by atoms with E-state index in [0.29, 0.717) is 56.0 Å². The molecule has 0 amide bonds. The average molecular weight is 650 g/mol. The smallest absolute Gasteiger partial charge is 0.243 e. The first-order valence-electron chi connectivity index (χ1n) is 14.3. The van der Waals surface area contributed by atoms with Gasteiger partial charge in [-0.25, -0.2) is 21.8 Å². The van der Waals surface area contributed by atoms with Crippen LogP contribution in [0.5, 0.6) is 5.75 Å². The minimum atomic E-state index is -3.78. The molecule has 0 radical (unpaired) electrons. The van der Waals surface area contributed by atoms with Crippen LogP contribution in [0.15, 0.2) is 76.5 Å². The van der Waals surface area contributed by atoms with Gasteiger partial charge in [0.05, 0.1) is 40.1 Å². The second kappa shape index (κ2) is 13.6. The number of rotatable bonds is 12. The summed E-state index contributed by atoms with van der Waals surface area (Å²) in [5.74, 6) is -0.725. The number of nitrogens with zero attached hydrogens (tertiary/aromatic N) is 2. The van der Waals surface area contributed by atoms with Crippen LogP contribution >= 0.6 is 0 Å². The Morgan fingerprint density at radius 3 is 2.52 bits per heavy atom. The fourth-order valence-electron chi connectivity index (χ4n) is 5.54. The van der Waals surface area contributed by atoms with E-state index >= 15 is 0 Å². The molecule has 2 aliphatic heterocycles. The third-order valence-electron chi connectivity index (χ3n) is 7.93. The second-order valence-corrected chi connectivity index (χ2v) is 15.1. The Hall–Kier alpha value is -2.98. The highest BCUT2D eigenvalue weighted by molar-refractivity contribution is 7.91. The fourth-order valence-corrected chi connectivity index (χ4v) is 8.09. The number of aliphatic hydroxyl groups is 2. The summed E-state index contributed by atoms with van der Waals surface area (Å²) in [6.07, 6.45) is 0.850. The topological polar surface area (TPSA) is 155 Å². The highest BCUT2D eigenvalue weighted by Crippen LogP contribution is 2.37. The monoisotopic (exact) mass is 649 g/mol. The van der Waals surface area contributed by atoms with Crippen molar-refractivity contribution in [3.05, 3.63) is 72.7 Å². The van der Waals surface area contributed by atoms with Gasteiger partial charge in [0.25, 0.3) is 0 Å². The van der Waals surface area contributed by atoms with E-state index in [1.54, 1.807) is 24.3 Å². The first-order valence-corrected chi connectivity index (χ1v) is 17.4. The first kappa shape index (κ1) is 32.4. The van der Waals surface area contributed by atoms with Crippen molar-refractivity contribution in [2.45, 2.75) is 46.8 Å². The van der Waals surface area contributed by atoms with Gasteiger partial charge in [-0.2, -0.15) is 8.70 Å². The molecule has 0 saturated carbocycles. The molecule has 2 atom stereocenters. The minimum Gasteiger partial charge on any atom is -0.491 e. The molecule has 2 aliphatic rings. The third kappa shape index (κ3) is 7.62. The molecular weight excluding hydrogens is 613 g/mol. The van der Waals surface area contributed by atoms with E-state index in [9.17, 15) is 26.3 Å². The number of benzene rings is 2. The van der Waals surface area contributed by atoms with Crippen molar-refractivity contribution < 1.29 is 40.9 Å². The quantitative estimate of drug-likeness (QED) is 0.248. The molecule has 3 N–H and O–H groups in total. The zero-order valence-corrected chi connectivity index (χ0v) is 25.6. The van der Waals surface area contributed by atoms with Crippen molar-refractivity contribution in [3.8, 4) is 17.0 Å². The highest BCUT2D eigenvalue weighted by atomic mass is 32.2. The van der Waals surface area contributed by atoms with Gasteiger partial charge in [-0.3, -0.25) is 0 Å². The number of sulfonamides is 1. The lowest BCUT2D eigenvalue weighted by atomic mass is 9.88. The van der Waals surface area contributed by atoms with Gasteiger partial charge in [-0.15, -0.1) is 0 Å². The summed E-state index contributed by atoms with van der Waals surface area (Å²) in [5.41, 5.74) is 0.409. The van der Waals surface area contributed by atoms with Crippen LogP contribution in [-0.4, -0.2) is 99.3 Å². The number of piperidine rings is 1. The number of hydrogen-bond acceptors (Lipinski definition) is 10. The van der Waals surface area contributed by atoms with E-state index in [1.807, 2.05) is 0 Å². The Morgan fingerprint density at radius 2 is 1.77 bits per heavy atom. The van der Waals surface area contributed by atoms with E-state index in [4.69, 9.17) is 14.6 Å². The van der Waals surface area contributed by atoms with Gasteiger partial charge < -0.3 is 25.0 Å². The maximum atomic E-state index is 13.6. The Morgan fingerprint density at radius 1 is 1.05 bits per heavy atom. The van der Waals surface area contributed by atoms with E-state index < -0.39 is 44.1 Å². The summed E-state index contributed by atoms with van der Waals surface area (Å²) in [5, 5.41) is 22.7. The summed E-state index contributed by atoms with van der Waals surface area (Å²) in [6, 6.07) is 16.6. The van der Waals surface area contributed by atoms with Gasteiger partial charge in [-0.1, -0.05) is 24.3 Å². The maximum absolute atomic E-state index is 13.6. The number of pyridine rings is 1. The van der Waals surface area contributed by atoms with Crippen molar-refractivity contribution in [1.82, 2.24) is 14.6 Å². The van der Waals surface area contributed by atoms with Crippen LogP contribution in [0.25, 0.3) is 11.3 Å². The lowest BCUT2D eigenvalue weighted by Crippen LogP contribution is -2.47. The maximum Gasteiger partial charge on any atom is 0.243 e. The van der Waals surface area contributed by atoms with Crippen molar-refractivity contribution in [1.29, 1.82) is 0 Å². The number of aromatic nitrogens is 1. The molecule has 3 aromatic rings. The summed E-state index contributed by atoms with van der Waals surface area (Å²) in [7, 11) is -7.39. The predicted molar refractivity (Wildman–Crippen MR) is 160 cm³/mol. The molecule has 14 heteroatoms. The third-order valence-corrected chi connectivity index (χ3v) is 11.5. The second-order valence-electron chi connectivity index (χ2n) is 11.1. The fraction of sp³-hybridized carbons (Fsp3) is 0.433. The Bertz CT molecular complexity index is 1660. The zero-order chi connectivity index (χ0) is 31.4. The minimum absolute atomic E-state index is 0.0322. The molecule has 3 heterocycles. The number of sulfone groups is 1. The average Bonchev–Trinajstić information content (AvgIpc) is 3.41. The SMILES string of the molecule is O=S(=O)(CCO)c1cccc(OCC(O)CNC2COC3(CCN(S(=O)(=O)c4cccc(-c5cccc(F)n5)c4)CC3)C2)c1. The number of aliphatic hydroxyl groups excluding tert-OH is 2. The molecule has 2 aromatic carbocycles. The van der Waals surface area contributed by atoms with E-state index in [1.165, 1.54) is 46.8 Å². The molecule has 1 aromatic heterocycles. The molecule has 0 bridgehead atoms. The predicted octanol–water partition coefficient (Wildman–Crippen LogP) is 2.00. The Kier molecular flexibility index (Phi) is 9.99. The normalized spacial score (nSPS) is 19.7. The lowest BCUT2D eigenvalue weighted by molar-refractivity contribution is -0.0312. The van der Waals surface area contributed by atoms with E-state index in [0.717, 1.165) is 0 Å². The highest BCUT2D eigenvalue weighted by Gasteiger charge is 2.44. The zero-order valence-electron chi connectivity index (χ0n) is 24.0. The van der Waals surface area contributed by atoms with Gasteiger partial charge in [0.2, 0.25) is 16.0 Å².